The molecule has 0 aliphatic heterocycles. The number of hydrogen-bond donors (Lipinski definition) is 1. The quantitative estimate of drug-likeness (QED) is 0.746. The maximum atomic E-state index is 14.3. The second kappa shape index (κ2) is 5.52. The van der Waals surface area contributed by atoms with Crippen molar-refractivity contribution >= 4 is 16.6 Å². The molecule has 106 valence electrons. The Bertz CT molecular complexity index is 782. The number of pyridine rings is 1. The lowest BCUT2D eigenvalue weighted by Gasteiger charge is -2.12. The number of benzene rings is 2. The van der Waals surface area contributed by atoms with Gasteiger partial charge >= 0.3 is 0 Å². The van der Waals surface area contributed by atoms with E-state index < -0.39 is 0 Å². The van der Waals surface area contributed by atoms with Crippen LogP contribution < -0.4 is 5.32 Å². The van der Waals surface area contributed by atoms with Gasteiger partial charge in [0.15, 0.2) is 0 Å². The third kappa shape index (κ3) is 2.59. The third-order valence-electron chi connectivity index (χ3n) is 3.45. The normalized spacial score (nSPS) is 10.8. The van der Waals surface area contributed by atoms with Crippen LogP contribution in [0, 0.1) is 12.7 Å². The summed E-state index contributed by atoms with van der Waals surface area (Å²) in [5.74, 6) is -0.276. The Hall–Kier alpha value is -2.42. The van der Waals surface area contributed by atoms with Gasteiger partial charge in [0.25, 0.3) is 0 Å². The Morgan fingerprint density at radius 2 is 1.86 bits per heavy atom. The van der Waals surface area contributed by atoms with Crippen LogP contribution >= 0.6 is 0 Å². The van der Waals surface area contributed by atoms with Crippen molar-refractivity contribution in [3.8, 4) is 11.3 Å². The maximum Gasteiger partial charge on any atom is 0.149 e. The van der Waals surface area contributed by atoms with E-state index in [1.54, 1.807) is 0 Å². The van der Waals surface area contributed by atoms with Gasteiger partial charge in [-0.2, -0.15) is 0 Å². The van der Waals surface area contributed by atoms with Crippen molar-refractivity contribution < 1.29 is 4.39 Å². The summed E-state index contributed by atoms with van der Waals surface area (Å²) in [6, 6.07) is 15.3. The molecule has 0 atom stereocenters. The van der Waals surface area contributed by atoms with Crippen molar-refractivity contribution in [2.75, 3.05) is 11.9 Å². The van der Waals surface area contributed by atoms with Crippen LogP contribution in [0.3, 0.4) is 0 Å². The van der Waals surface area contributed by atoms with E-state index in [0.29, 0.717) is 5.52 Å². The van der Waals surface area contributed by atoms with E-state index in [4.69, 9.17) is 0 Å². The number of aryl methyl sites for hydroxylation is 1. The molecule has 1 N–H and O–H groups in total. The molecule has 0 saturated heterocycles. The molecule has 1 heterocycles. The summed E-state index contributed by atoms with van der Waals surface area (Å²) < 4.78 is 14.3. The van der Waals surface area contributed by atoms with E-state index in [2.05, 4.69) is 10.3 Å². The number of hydrogen-bond acceptors (Lipinski definition) is 2. The summed E-state index contributed by atoms with van der Waals surface area (Å²) in [4.78, 5) is 4.51. The van der Waals surface area contributed by atoms with E-state index in [1.165, 1.54) is 6.07 Å². The number of fused-ring (bicyclic) bond motifs is 1. The fraction of sp³-hybridized carbons (Fsp3) is 0.167. The predicted octanol–water partition coefficient (Wildman–Crippen LogP) is 4.78. The first-order valence-electron chi connectivity index (χ1n) is 7.09. The molecular formula is C18H17FN2. The largest absolute Gasteiger partial charge is 0.385 e. The van der Waals surface area contributed by atoms with Crippen molar-refractivity contribution in [3.05, 3.63) is 59.9 Å². The summed E-state index contributed by atoms with van der Waals surface area (Å²) in [6.45, 7) is 4.70. The number of aromatic nitrogens is 1. The van der Waals surface area contributed by atoms with Gasteiger partial charge in [-0.25, -0.2) is 9.37 Å². The molecule has 0 radical (unpaired) electrons. The Labute approximate surface area is 123 Å². The molecule has 21 heavy (non-hydrogen) atoms. The van der Waals surface area contributed by atoms with Crippen LogP contribution in [0.5, 0.6) is 0 Å². The first kappa shape index (κ1) is 13.6. The third-order valence-corrected chi connectivity index (χ3v) is 3.45. The highest BCUT2D eigenvalue weighted by molar-refractivity contribution is 5.94. The number of nitrogens with zero attached hydrogens (tertiary/aromatic N) is 1. The Morgan fingerprint density at radius 3 is 2.57 bits per heavy atom. The molecule has 3 aromatic rings. The molecule has 0 fully saturated rings. The smallest absolute Gasteiger partial charge is 0.149 e. The fourth-order valence-electron chi connectivity index (χ4n) is 2.51. The van der Waals surface area contributed by atoms with Crippen LogP contribution in [0.4, 0.5) is 10.1 Å². The zero-order valence-corrected chi connectivity index (χ0v) is 12.2. The molecule has 0 amide bonds. The second-order valence-electron chi connectivity index (χ2n) is 5.09. The van der Waals surface area contributed by atoms with Gasteiger partial charge in [-0.1, -0.05) is 30.3 Å². The molecule has 3 heteroatoms. The average molecular weight is 280 g/mol. The van der Waals surface area contributed by atoms with Gasteiger partial charge in [0.1, 0.15) is 11.3 Å². The highest BCUT2D eigenvalue weighted by atomic mass is 19.1. The van der Waals surface area contributed by atoms with Gasteiger partial charge in [0.05, 0.1) is 5.69 Å². The van der Waals surface area contributed by atoms with Gasteiger partial charge in [-0.15, -0.1) is 0 Å². The summed E-state index contributed by atoms with van der Waals surface area (Å²) in [7, 11) is 0. The SMILES string of the molecule is CCNc1cc(-c2ccccc2)nc2c(F)cc(C)cc12. The van der Waals surface area contributed by atoms with Gasteiger partial charge in [0.2, 0.25) is 0 Å². The van der Waals surface area contributed by atoms with Crippen molar-refractivity contribution in [2.24, 2.45) is 0 Å². The molecule has 0 unspecified atom stereocenters. The number of anilines is 1. The van der Waals surface area contributed by atoms with Crippen LogP contribution in [0.25, 0.3) is 22.2 Å². The number of rotatable bonds is 3. The van der Waals surface area contributed by atoms with Crippen LogP contribution in [0.1, 0.15) is 12.5 Å². The Balaban J connectivity index is 2.29. The zero-order chi connectivity index (χ0) is 14.8. The van der Waals surface area contributed by atoms with E-state index in [1.807, 2.05) is 56.3 Å². The highest BCUT2D eigenvalue weighted by Crippen LogP contribution is 2.30. The van der Waals surface area contributed by atoms with Crippen LogP contribution in [0.2, 0.25) is 0 Å². The van der Waals surface area contributed by atoms with Crippen molar-refractivity contribution in [1.29, 1.82) is 0 Å². The van der Waals surface area contributed by atoms with Gasteiger partial charge in [-0.05, 0) is 37.6 Å². The fourth-order valence-corrected chi connectivity index (χ4v) is 2.51. The summed E-state index contributed by atoms with van der Waals surface area (Å²) in [6.07, 6.45) is 0. The first-order valence-corrected chi connectivity index (χ1v) is 7.09. The topological polar surface area (TPSA) is 24.9 Å². The van der Waals surface area contributed by atoms with Crippen molar-refractivity contribution in [2.45, 2.75) is 13.8 Å². The lowest BCUT2D eigenvalue weighted by Crippen LogP contribution is -2.00. The van der Waals surface area contributed by atoms with E-state index in [9.17, 15) is 4.39 Å². The number of nitrogens with one attached hydrogen (secondary N) is 1. The first-order chi connectivity index (χ1) is 10.2. The lowest BCUT2D eigenvalue weighted by atomic mass is 10.1. The maximum absolute atomic E-state index is 14.3. The van der Waals surface area contributed by atoms with E-state index in [-0.39, 0.29) is 5.82 Å². The minimum absolute atomic E-state index is 0.276. The van der Waals surface area contributed by atoms with Crippen LogP contribution in [-0.2, 0) is 0 Å². The minimum Gasteiger partial charge on any atom is -0.385 e. The van der Waals surface area contributed by atoms with Gasteiger partial charge in [0, 0.05) is 23.2 Å². The molecule has 0 saturated carbocycles. The average Bonchev–Trinajstić information content (AvgIpc) is 2.49. The molecule has 0 spiro atoms. The van der Waals surface area contributed by atoms with Crippen molar-refractivity contribution in [3.63, 3.8) is 0 Å². The molecule has 2 aromatic carbocycles. The van der Waals surface area contributed by atoms with E-state index >= 15 is 0 Å². The molecular weight excluding hydrogens is 263 g/mol. The lowest BCUT2D eigenvalue weighted by molar-refractivity contribution is 0.636. The zero-order valence-electron chi connectivity index (χ0n) is 12.2. The van der Waals surface area contributed by atoms with Crippen molar-refractivity contribution in [1.82, 2.24) is 4.98 Å². The Morgan fingerprint density at radius 1 is 1.10 bits per heavy atom. The van der Waals surface area contributed by atoms with Crippen LogP contribution in [-0.4, -0.2) is 11.5 Å². The summed E-state index contributed by atoms with van der Waals surface area (Å²) >= 11 is 0. The second-order valence-corrected chi connectivity index (χ2v) is 5.09. The predicted molar refractivity (Wildman–Crippen MR) is 86.0 cm³/mol. The van der Waals surface area contributed by atoms with Gasteiger partial charge in [-0.3, -0.25) is 0 Å². The van der Waals surface area contributed by atoms with Gasteiger partial charge < -0.3 is 5.32 Å². The van der Waals surface area contributed by atoms with Crippen LogP contribution in [0.15, 0.2) is 48.5 Å². The highest BCUT2D eigenvalue weighted by Gasteiger charge is 2.11. The minimum atomic E-state index is -0.276. The standard InChI is InChI=1S/C18H17FN2/c1-3-20-17-11-16(13-7-5-4-6-8-13)21-18-14(17)9-12(2)10-15(18)19/h4-11H,3H2,1-2H3,(H,20,21). The summed E-state index contributed by atoms with van der Waals surface area (Å²) in [5, 5.41) is 4.14. The van der Waals surface area contributed by atoms with E-state index in [0.717, 1.165) is 34.4 Å². The molecule has 0 aliphatic rings. The summed E-state index contributed by atoms with van der Waals surface area (Å²) in [5.41, 5.74) is 4.00. The molecule has 2 nitrogen and oxygen atoms in total. The number of halogens is 1. The molecule has 0 bridgehead atoms. The Kier molecular flexibility index (Phi) is 3.57. The molecule has 3 rings (SSSR count). The molecule has 1 aromatic heterocycles. The monoisotopic (exact) mass is 280 g/mol. The molecule has 0 aliphatic carbocycles.